The lowest BCUT2D eigenvalue weighted by molar-refractivity contribution is -0.133. The molecule has 96 valence electrons. The zero-order chi connectivity index (χ0) is 13.0. The van der Waals surface area contributed by atoms with Crippen molar-refractivity contribution < 1.29 is 10.0 Å². The molecule has 1 amide bonds. The molecule has 0 aromatic heterocycles. The fourth-order valence-electron chi connectivity index (χ4n) is 2.64. The molecule has 0 bridgehead atoms. The summed E-state index contributed by atoms with van der Waals surface area (Å²) in [6, 6.07) is 9.63. The Balaban J connectivity index is 2.47. The van der Waals surface area contributed by atoms with Crippen LogP contribution < -0.4 is 5.48 Å². The van der Waals surface area contributed by atoms with Crippen molar-refractivity contribution in [3.8, 4) is 0 Å². The minimum Gasteiger partial charge on any atom is -0.289 e. The van der Waals surface area contributed by atoms with E-state index in [-0.39, 0.29) is 5.91 Å². The molecule has 0 aliphatic heterocycles. The smallest absolute Gasteiger partial charge is 0.257 e. The van der Waals surface area contributed by atoms with E-state index in [2.05, 4.69) is 6.08 Å². The number of benzene rings is 1. The molecule has 0 spiro atoms. The van der Waals surface area contributed by atoms with Gasteiger partial charge in [0.1, 0.15) is 0 Å². The molecule has 2 rings (SSSR count). The monoisotopic (exact) mass is 245 g/mol. The topological polar surface area (TPSA) is 49.3 Å². The molecule has 1 unspecified atom stereocenters. The van der Waals surface area contributed by atoms with Gasteiger partial charge in [-0.3, -0.25) is 10.0 Å². The van der Waals surface area contributed by atoms with Crippen LogP contribution in [-0.4, -0.2) is 11.1 Å². The van der Waals surface area contributed by atoms with Crippen molar-refractivity contribution in [2.75, 3.05) is 0 Å². The quantitative estimate of drug-likeness (QED) is 0.488. The molecule has 3 heteroatoms. The molecule has 1 aliphatic carbocycles. The van der Waals surface area contributed by atoms with E-state index in [1.54, 1.807) is 0 Å². The summed E-state index contributed by atoms with van der Waals surface area (Å²) in [5.41, 5.74) is 3.08. The Morgan fingerprint density at radius 1 is 1.28 bits per heavy atom. The van der Waals surface area contributed by atoms with E-state index in [0.29, 0.717) is 0 Å². The predicted molar refractivity (Wildman–Crippen MR) is 70.3 cm³/mol. The van der Waals surface area contributed by atoms with E-state index in [9.17, 15) is 4.79 Å². The van der Waals surface area contributed by atoms with Crippen molar-refractivity contribution in [3.63, 3.8) is 0 Å². The van der Waals surface area contributed by atoms with E-state index in [1.165, 1.54) is 6.42 Å². The Kier molecular flexibility index (Phi) is 3.82. The Morgan fingerprint density at radius 2 is 2.00 bits per heavy atom. The predicted octanol–water partition coefficient (Wildman–Crippen LogP) is 2.95. The SMILES string of the molecule is CC(C(=O)NO)(C1=CCCCC1)c1ccccc1. The molecule has 1 atom stereocenters. The second-order valence-electron chi connectivity index (χ2n) is 4.91. The third kappa shape index (κ3) is 2.18. The first-order valence-corrected chi connectivity index (χ1v) is 6.39. The van der Waals surface area contributed by atoms with Crippen molar-refractivity contribution in [2.45, 2.75) is 38.0 Å². The van der Waals surface area contributed by atoms with Crippen LogP contribution in [0.25, 0.3) is 0 Å². The van der Waals surface area contributed by atoms with Gasteiger partial charge in [0.2, 0.25) is 0 Å². The van der Waals surface area contributed by atoms with Gasteiger partial charge in [-0.2, -0.15) is 0 Å². The van der Waals surface area contributed by atoms with Crippen molar-refractivity contribution >= 4 is 5.91 Å². The van der Waals surface area contributed by atoms with E-state index in [0.717, 1.165) is 30.4 Å². The summed E-state index contributed by atoms with van der Waals surface area (Å²) >= 11 is 0. The lowest BCUT2D eigenvalue weighted by atomic mass is 9.71. The van der Waals surface area contributed by atoms with Crippen LogP contribution in [-0.2, 0) is 10.2 Å². The Morgan fingerprint density at radius 3 is 2.56 bits per heavy atom. The summed E-state index contributed by atoms with van der Waals surface area (Å²) in [5, 5.41) is 9.04. The highest BCUT2D eigenvalue weighted by Gasteiger charge is 2.38. The summed E-state index contributed by atoms with van der Waals surface area (Å²) in [4.78, 5) is 12.1. The van der Waals surface area contributed by atoms with E-state index >= 15 is 0 Å². The molecular formula is C15H19NO2. The highest BCUT2D eigenvalue weighted by atomic mass is 16.5. The maximum absolute atomic E-state index is 12.1. The van der Waals surface area contributed by atoms with E-state index < -0.39 is 5.41 Å². The van der Waals surface area contributed by atoms with Crippen molar-refractivity contribution in [1.29, 1.82) is 0 Å². The number of hydrogen-bond donors (Lipinski definition) is 2. The van der Waals surface area contributed by atoms with Gasteiger partial charge in [-0.25, -0.2) is 5.48 Å². The van der Waals surface area contributed by atoms with Crippen LogP contribution in [0.2, 0.25) is 0 Å². The molecule has 1 aliphatic rings. The van der Waals surface area contributed by atoms with Gasteiger partial charge in [-0.15, -0.1) is 0 Å². The molecule has 1 aromatic rings. The number of hydrogen-bond acceptors (Lipinski definition) is 2. The first-order valence-electron chi connectivity index (χ1n) is 6.39. The molecule has 0 saturated carbocycles. The number of rotatable bonds is 3. The standard InChI is InChI=1S/C15H19NO2/c1-15(14(17)16-18,12-8-4-2-5-9-12)13-10-6-3-7-11-13/h2,4-5,8-10,18H,3,6-7,11H2,1H3,(H,16,17). The molecule has 1 aromatic carbocycles. The van der Waals surface area contributed by atoms with Crippen molar-refractivity contribution in [1.82, 2.24) is 5.48 Å². The summed E-state index contributed by atoms with van der Waals surface area (Å²) in [6.07, 6.45) is 6.35. The Bertz CT molecular complexity index is 453. The highest BCUT2D eigenvalue weighted by Crippen LogP contribution is 2.37. The number of hydroxylamine groups is 1. The van der Waals surface area contributed by atoms with Crippen LogP contribution in [0.1, 0.15) is 38.2 Å². The number of allylic oxidation sites excluding steroid dienone is 1. The average molecular weight is 245 g/mol. The van der Waals surface area contributed by atoms with Crippen LogP contribution in [0.15, 0.2) is 42.0 Å². The molecule has 0 heterocycles. The van der Waals surface area contributed by atoms with Gasteiger partial charge in [-0.05, 0) is 38.2 Å². The first kappa shape index (κ1) is 12.8. The van der Waals surface area contributed by atoms with Crippen LogP contribution in [0.4, 0.5) is 0 Å². The lowest BCUT2D eigenvalue weighted by Gasteiger charge is -2.32. The molecule has 2 N–H and O–H groups in total. The van der Waals surface area contributed by atoms with Crippen LogP contribution in [0.5, 0.6) is 0 Å². The van der Waals surface area contributed by atoms with Crippen LogP contribution in [0.3, 0.4) is 0 Å². The van der Waals surface area contributed by atoms with Gasteiger partial charge >= 0.3 is 0 Å². The fraction of sp³-hybridized carbons (Fsp3) is 0.400. The third-order valence-corrected chi connectivity index (χ3v) is 3.84. The second kappa shape index (κ2) is 5.36. The largest absolute Gasteiger partial charge is 0.289 e. The molecule has 0 saturated heterocycles. The minimum absolute atomic E-state index is 0.359. The maximum atomic E-state index is 12.1. The molecule has 0 radical (unpaired) electrons. The lowest BCUT2D eigenvalue weighted by Crippen LogP contribution is -2.42. The fourth-order valence-corrected chi connectivity index (χ4v) is 2.64. The van der Waals surface area contributed by atoms with Crippen LogP contribution in [0, 0.1) is 0 Å². The Hall–Kier alpha value is -1.61. The number of amides is 1. The van der Waals surface area contributed by atoms with Gasteiger partial charge in [0.05, 0.1) is 5.41 Å². The summed E-state index contributed by atoms with van der Waals surface area (Å²) in [6.45, 7) is 1.88. The zero-order valence-electron chi connectivity index (χ0n) is 10.6. The molecular weight excluding hydrogens is 226 g/mol. The molecule has 18 heavy (non-hydrogen) atoms. The van der Waals surface area contributed by atoms with Crippen molar-refractivity contribution in [2.24, 2.45) is 0 Å². The summed E-state index contributed by atoms with van der Waals surface area (Å²) < 4.78 is 0. The normalized spacial score (nSPS) is 18.7. The van der Waals surface area contributed by atoms with E-state index in [4.69, 9.17) is 5.21 Å². The zero-order valence-corrected chi connectivity index (χ0v) is 10.6. The first-order chi connectivity index (χ1) is 8.69. The second-order valence-corrected chi connectivity index (χ2v) is 4.91. The van der Waals surface area contributed by atoms with Gasteiger partial charge < -0.3 is 0 Å². The highest BCUT2D eigenvalue weighted by molar-refractivity contribution is 5.90. The van der Waals surface area contributed by atoms with Gasteiger partial charge in [0.25, 0.3) is 5.91 Å². The maximum Gasteiger partial charge on any atom is 0.257 e. The van der Waals surface area contributed by atoms with Crippen molar-refractivity contribution in [3.05, 3.63) is 47.5 Å². The van der Waals surface area contributed by atoms with Gasteiger partial charge in [0.15, 0.2) is 0 Å². The molecule has 3 nitrogen and oxygen atoms in total. The molecule has 0 fully saturated rings. The number of carbonyl (C=O) groups excluding carboxylic acids is 1. The number of nitrogens with one attached hydrogen (secondary N) is 1. The van der Waals surface area contributed by atoms with Gasteiger partial charge in [-0.1, -0.05) is 42.0 Å². The Labute approximate surface area is 107 Å². The summed E-state index contributed by atoms with van der Waals surface area (Å²) in [7, 11) is 0. The third-order valence-electron chi connectivity index (χ3n) is 3.84. The number of carbonyl (C=O) groups is 1. The minimum atomic E-state index is -0.767. The average Bonchev–Trinajstić information content (AvgIpc) is 2.47. The summed E-state index contributed by atoms with van der Waals surface area (Å²) in [5.74, 6) is -0.359. The van der Waals surface area contributed by atoms with Crippen LogP contribution >= 0.6 is 0 Å². The van der Waals surface area contributed by atoms with E-state index in [1.807, 2.05) is 42.7 Å². The van der Waals surface area contributed by atoms with Gasteiger partial charge in [0, 0.05) is 0 Å².